The van der Waals surface area contributed by atoms with E-state index in [0.717, 1.165) is 10.0 Å². The van der Waals surface area contributed by atoms with Crippen LogP contribution < -0.4 is 0 Å². The van der Waals surface area contributed by atoms with Gasteiger partial charge < -0.3 is 0 Å². The fraction of sp³-hybridized carbons (Fsp3) is 0.143. The van der Waals surface area contributed by atoms with Crippen LogP contribution in [-0.4, -0.2) is 0 Å². The standard InChI is InChI=1S/C7H6BrN3/c8-7-3-1-2-6(4-7)5-10-11-9/h1-4H,5H2. The van der Waals surface area contributed by atoms with Crippen LogP contribution in [0.1, 0.15) is 5.56 Å². The topological polar surface area (TPSA) is 48.8 Å². The molecule has 1 aromatic rings. The fourth-order valence-electron chi connectivity index (χ4n) is 0.749. The number of benzene rings is 1. The molecule has 0 N–H and O–H groups in total. The number of hydrogen-bond acceptors (Lipinski definition) is 1. The van der Waals surface area contributed by atoms with Gasteiger partial charge in [0.05, 0.1) is 6.54 Å². The van der Waals surface area contributed by atoms with Gasteiger partial charge >= 0.3 is 0 Å². The zero-order chi connectivity index (χ0) is 8.10. The van der Waals surface area contributed by atoms with Crippen LogP contribution >= 0.6 is 15.9 Å². The van der Waals surface area contributed by atoms with E-state index in [0.29, 0.717) is 6.54 Å². The molecular weight excluding hydrogens is 206 g/mol. The van der Waals surface area contributed by atoms with Crippen LogP contribution in [0.5, 0.6) is 0 Å². The second-order valence-electron chi connectivity index (χ2n) is 2.02. The quantitative estimate of drug-likeness (QED) is 0.410. The summed E-state index contributed by atoms with van der Waals surface area (Å²) in [7, 11) is 0. The lowest BCUT2D eigenvalue weighted by Crippen LogP contribution is -1.77. The summed E-state index contributed by atoms with van der Waals surface area (Å²) >= 11 is 3.32. The molecule has 0 heterocycles. The molecule has 0 amide bonds. The SMILES string of the molecule is [N-]=[N+]=NCc1cccc(Br)c1. The number of nitrogens with zero attached hydrogens (tertiary/aromatic N) is 3. The molecule has 3 nitrogen and oxygen atoms in total. The van der Waals surface area contributed by atoms with Gasteiger partial charge in [0.2, 0.25) is 0 Å². The molecule has 0 bridgehead atoms. The van der Waals surface area contributed by atoms with Crippen molar-refractivity contribution in [2.24, 2.45) is 5.11 Å². The summed E-state index contributed by atoms with van der Waals surface area (Å²) in [5.74, 6) is 0. The lowest BCUT2D eigenvalue weighted by Gasteiger charge is -1.94. The van der Waals surface area contributed by atoms with Crippen molar-refractivity contribution in [3.8, 4) is 0 Å². The van der Waals surface area contributed by atoms with Gasteiger partial charge in [-0.15, -0.1) is 0 Å². The fourth-order valence-corrected chi connectivity index (χ4v) is 1.20. The first-order valence-electron chi connectivity index (χ1n) is 3.08. The summed E-state index contributed by atoms with van der Waals surface area (Å²) in [4.78, 5) is 2.67. The van der Waals surface area contributed by atoms with Crippen molar-refractivity contribution in [3.63, 3.8) is 0 Å². The predicted octanol–water partition coefficient (Wildman–Crippen LogP) is 3.26. The first-order chi connectivity index (χ1) is 5.33. The molecule has 0 spiro atoms. The highest BCUT2D eigenvalue weighted by atomic mass is 79.9. The highest BCUT2D eigenvalue weighted by Gasteiger charge is 1.89. The van der Waals surface area contributed by atoms with E-state index >= 15 is 0 Å². The second kappa shape index (κ2) is 4.01. The van der Waals surface area contributed by atoms with Gasteiger partial charge in [-0.25, -0.2) is 0 Å². The van der Waals surface area contributed by atoms with E-state index in [1.807, 2.05) is 24.3 Å². The molecule has 4 heteroatoms. The average molecular weight is 212 g/mol. The minimum Gasteiger partial charge on any atom is -0.0893 e. The minimum atomic E-state index is 0.413. The average Bonchev–Trinajstić information content (AvgIpc) is 2.01. The van der Waals surface area contributed by atoms with Gasteiger partial charge in [-0.1, -0.05) is 33.2 Å². The monoisotopic (exact) mass is 211 g/mol. The van der Waals surface area contributed by atoms with E-state index in [1.165, 1.54) is 0 Å². The highest BCUT2D eigenvalue weighted by molar-refractivity contribution is 9.10. The zero-order valence-electron chi connectivity index (χ0n) is 5.74. The summed E-state index contributed by atoms with van der Waals surface area (Å²) in [6.45, 7) is 0.413. The Hall–Kier alpha value is -0.990. The lowest BCUT2D eigenvalue weighted by molar-refractivity contribution is 1.05. The van der Waals surface area contributed by atoms with Gasteiger partial charge in [0.1, 0.15) is 0 Å². The Morgan fingerprint density at radius 2 is 2.36 bits per heavy atom. The molecule has 0 saturated carbocycles. The molecule has 0 aromatic heterocycles. The first-order valence-corrected chi connectivity index (χ1v) is 3.87. The number of rotatable bonds is 2. The Morgan fingerprint density at radius 3 is 3.00 bits per heavy atom. The van der Waals surface area contributed by atoms with Crippen LogP contribution in [0.4, 0.5) is 0 Å². The maximum absolute atomic E-state index is 8.04. The lowest BCUT2D eigenvalue weighted by atomic mass is 10.2. The molecule has 11 heavy (non-hydrogen) atoms. The largest absolute Gasteiger partial charge is 0.0893 e. The van der Waals surface area contributed by atoms with Crippen molar-refractivity contribution in [1.29, 1.82) is 0 Å². The summed E-state index contributed by atoms with van der Waals surface area (Å²) in [6.07, 6.45) is 0. The third kappa shape index (κ3) is 2.62. The van der Waals surface area contributed by atoms with Gasteiger partial charge in [-0.3, -0.25) is 0 Å². The summed E-state index contributed by atoms with van der Waals surface area (Å²) < 4.78 is 1.00. The van der Waals surface area contributed by atoms with Crippen molar-refractivity contribution in [3.05, 3.63) is 44.7 Å². The van der Waals surface area contributed by atoms with Gasteiger partial charge in [-0.2, -0.15) is 0 Å². The predicted molar refractivity (Wildman–Crippen MR) is 47.0 cm³/mol. The molecule has 1 rings (SSSR count). The molecule has 0 aliphatic rings. The van der Waals surface area contributed by atoms with E-state index in [1.54, 1.807) is 0 Å². The second-order valence-corrected chi connectivity index (χ2v) is 2.93. The van der Waals surface area contributed by atoms with Crippen molar-refractivity contribution in [2.45, 2.75) is 6.54 Å². The molecule has 0 saturated heterocycles. The van der Waals surface area contributed by atoms with Crippen molar-refractivity contribution < 1.29 is 0 Å². The summed E-state index contributed by atoms with van der Waals surface area (Å²) in [6, 6.07) is 7.68. The van der Waals surface area contributed by atoms with Crippen LogP contribution in [0.2, 0.25) is 0 Å². The van der Waals surface area contributed by atoms with Gasteiger partial charge in [0.15, 0.2) is 0 Å². The highest BCUT2D eigenvalue weighted by Crippen LogP contribution is 2.11. The molecule has 1 aromatic carbocycles. The molecular formula is C7H6BrN3. The van der Waals surface area contributed by atoms with Crippen LogP contribution in [-0.2, 0) is 6.54 Å². The Morgan fingerprint density at radius 1 is 1.55 bits per heavy atom. The van der Waals surface area contributed by atoms with E-state index in [2.05, 4.69) is 26.0 Å². The normalized spacial score (nSPS) is 8.82. The van der Waals surface area contributed by atoms with Crippen LogP contribution in [0, 0.1) is 0 Å². The number of azide groups is 1. The van der Waals surface area contributed by atoms with Gasteiger partial charge in [0.25, 0.3) is 0 Å². The molecule has 0 aliphatic heterocycles. The van der Waals surface area contributed by atoms with E-state index < -0.39 is 0 Å². The molecule has 56 valence electrons. The van der Waals surface area contributed by atoms with Crippen LogP contribution in [0.3, 0.4) is 0 Å². The smallest absolute Gasteiger partial charge is 0.0511 e. The summed E-state index contributed by atoms with van der Waals surface area (Å²) in [5, 5.41) is 3.44. The molecule has 0 aliphatic carbocycles. The number of hydrogen-bond donors (Lipinski definition) is 0. The Labute approximate surface area is 72.8 Å². The maximum atomic E-state index is 8.04. The summed E-state index contributed by atoms with van der Waals surface area (Å²) in [5.41, 5.74) is 9.05. The van der Waals surface area contributed by atoms with Gasteiger partial charge in [0, 0.05) is 9.38 Å². The minimum absolute atomic E-state index is 0.413. The van der Waals surface area contributed by atoms with Crippen molar-refractivity contribution >= 4 is 15.9 Å². The van der Waals surface area contributed by atoms with Crippen LogP contribution in [0.25, 0.3) is 10.4 Å². The molecule has 0 radical (unpaired) electrons. The van der Waals surface area contributed by atoms with E-state index in [9.17, 15) is 0 Å². The molecule has 0 fully saturated rings. The third-order valence-corrected chi connectivity index (χ3v) is 1.70. The Bertz CT molecular complexity index is 291. The van der Waals surface area contributed by atoms with E-state index in [-0.39, 0.29) is 0 Å². The molecule has 0 unspecified atom stereocenters. The van der Waals surface area contributed by atoms with Crippen molar-refractivity contribution in [2.75, 3.05) is 0 Å². The van der Waals surface area contributed by atoms with E-state index in [4.69, 9.17) is 5.53 Å². The Kier molecular flexibility index (Phi) is 2.95. The maximum Gasteiger partial charge on any atom is 0.0511 e. The molecule has 0 atom stereocenters. The Balaban J connectivity index is 2.79. The number of halogens is 1. The first kappa shape index (κ1) is 8.11. The van der Waals surface area contributed by atoms with Gasteiger partial charge in [-0.05, 0) is 23.2 Å². The zero-order valence-corrected chi connectivity index (χ0v) is 7.32. The van der Waals surface area contributed by atoms with Crippen LogP contribution in [0.15, 0.2) is 33.9 Å². The third-order valence-electron chi connectivity index (χ3n) is 1.21. The van der Waals surface area contributed by atoms with Crippen molar-refractivity contribution in [1.82, 2.24) is 0 Å².